The minimum Gasteiger partial charge on any atom is -0.488 e. The fourth-order valence-electron chi connectivity index (χ4n) is 9.89. The molecule has 0 bridgehead atoms. The van der Waals surface area contributed by atoms with Crippen LogP contribution in [0.15, 0.2) is 48.7 Å². The summed E-state index contributed by atoms with van der Waals surface area (Å²) in [6.45, 7) is 5.36. The standard InChI is InChI=1S/C47H56F2N8O9/c1-23(2)38(54-46(60)64-7)43(58)56-19-26(21-66-45(48)49)13-36(56)42-51-33-11-9-27-15-32-30-10-8-28(14-29(30)22-65-37(32)16-31(27)39(33)53-42)34-17-50-41(52-34)35-12-25(20-63-6)18-57(35)44(59)40(24(3)4)55(5)47(61)62/h8-11,14-17,23-26,35-36,38,40,45H,12-13,18-22H2,1-7H3,(H,50,52)(H,51,53)(H,54,60)(H,61,62)/t25-,26-,35-,36-,38-,40-/m0/s1. The number of alkyl halides is 2. The molecule has 3 aliphatic rings. The van der Waals surface area contributed by atoms with Gasteiger partial charge in [0.2, 0.25) is 11.8 Å². The van der Waals surface area contributed by atoms with Crippen molar-refractivity contribution in [1.82, 2.24) is 40.0 Å². The Morgan fingerprint density at radius 2 is 1.62 bits per heavy atom. The smallest absolute Gasteiger partial charge is 0.407 e. The van der Waals surface area contributed by atoms with Crippen molar-refractivity contribution in [3.8, 4) is 28.1 Å². The van der Waals surface area contributed by atoms with Gasteiger partial charge in [-0.3, -0.25) is 14.5 Å². The zero-order valence-corrected chi connectivity index (χ0v) is 38.0. The summed E-state index contributed by atoms with van der Waals surface area (Å²) in [7, 11) is 4.26. The first kappa shape index (κ1) is 46.2. The van der Waals surface area contributed by atoms with E-state index in [4.69, 9.17) is 24.2 Å². The van der Waals surface area contributed by atoms with Gasteiger partial charge in [0.15, 0.2) is 0 Å². The molecule has 0 saturated carbocycles. The Morgan fingerprint density at radius 1 is 0.909 bits per heavy atom. The molecule has 3 aromatic carbocycles. The fraction of sp³-hybridized carbons (Fsp3) is 0.489. The maximum atomic E-state index is 14.1. The number of benzene rings is 3. The summed E-state index contributed by atoms with van der Waals surface area (Å²) in [6, 6.07) is 11.3. The maximum Gasteiger partial charge on any atom is 0.407 e. The number of alkyl carbamates (subject to hydrolysis) is 1. The number of carbonyl (C=O) groups excluding carboxylic acids is 3. The number of H-pyrrole nitrogens is 2. The number of amides is 4. The molecular formula is C47H56F2N8O9. The average molecular weight is 915 g/mol. The van der Waals surface area contributed by atoms with Crippen LogP contribution in [0.25, 0.3) is 44.2 Å². The van der Waals surface area contributed by atoms with E-state index < -0.39 is 48.9 Å². The summed E-state index contributed by atoms with van der Waals surface area (Å²) in [5, 5.41) is 14.2. The van der Waals surface area contributed by atoms with Crippen molar-refractivity contribution >= 4 is 45.8 Å². The first-order valence-corrected chi connectivity index (χ1v) is 22.1. The minimum atomic E-state index is -2.95. The van der Waals surface area contributed by atoms with Gasteiger partial charge in [-0.2, -0.15) is 8.78 Å². The number of hydrogen-bond donors (Lipinski definition) is 4. The summed E-state index contributed by atoms with van der Waals surface area (Å²) in [6.07, 6.45) is 0.751. The molecule has 2 fully saturated rings. The van der Waals surface area contributed by atoms with Gasteiger partial charge >= 0.3 is 18.8 Å². The molecule has 19 heteroatoms. The Hall–Kier alpha value is -6.34. The van der Waals surface area contributed by atoms with Gasteiger partial charge < -0.3 is 49.1 Å². The average Bonchev–Trinajstić information content (AvgIpc) is 4.12. The van der Waals surface area contributed by atoms with Crippen molar-refractivity contribution in [3.63, 3.8) is 0 Å². The van der Waals surface area contributed by atoms with Crippen molar-refractivity contribution in [2.75, 3.05) is 47.6 Å². The first-order chi connectivity index (χ1) is 31.6. The van der Waals surface area contributed by atoms with Gasteiger partial charge in [0.05, 0.1) is 55.3 Å². The summed E-state index contributed by atoms with van der Waals surface area (Å²) in [5.41, 5.74) is 5.89. The van der Waals surface area contributed by atoms with Crippen LogP contribution >= 0.6 is 0 Å². The number of hydrogen-bond acceptors (Lipinski definition) is 10. The Bertz CT molecular complexity index is 2630. The van der Waals surface area contributed by atoms with Crippen LogP contribution in [-0.2, 0) is 30.4 Å². The van der Waals surface area contributed by atoms with Crippen molar-refractivity contribution < 1.29 is 52.0 Å². The number of nitrogens with one attached hydrogen (secondary N) is 3. The number of likely N-dealkylation sites (tertiary alicyclic amines) is 2. The monoisotopic (exact) mass is 914 g/mol. The number of ether oxygens (including phenoxy) is 4. The third kappa shape index (κ3) is 8.97. The number of methoxy groups -OCH3 is 2. The molecule has 0 spiro atoms. The lowest BCUT2D eigenvalue weighted by molar-refractivity contribution is -0.140. The minimum absolute atomic E-state index is 0.0493. The molecule has 2 saturated heterocycles. The number of likely N-dealkylation sites (N-methyl/N-ethyl adjacent to an activating group) is 1. The van der Waals surface area contributed by atoms with Crippen molar-refractivity contribution in [1.29, 1.82) is 0 Å². The number of imidazole rings is 2. The van der Waals surface area contributed by atoms with Gasteiger partial charge in [-0.25, -0.2) is 19.6 Å². The van der Waals surface area contributed by atoms with E-state index in [-0.39, 0.29) is 42.7 Å². The second-order valence-electron chi connectivity index (χ2n) is 18.2. The molecule has 2 aromatic heterocycles. The molecule has 352 valence electrons. The highest BCUT2D eigenvalue weighted by Crippen LogP contribution is 2.44. The molecule has 0 aliphatic carbocycles. The number of carboxylic acid groups (broad SMARTS) is 1. The summed E-state index contributed by atoms with van der Waals surface area (Å²) >= 11 is 0. The van der Waals surface area contributed by atoms with Crippen molar-refractivity contribution in [3.05, 3.63) is 65.9 Å². The number of nitrogens with zero attached hydrogens (tertiary/aromatic N) is 5. The zero-order chi connectivity index (χ0) is 47.1. The normalized spacial score (nSPS) is 20.2. The van der Waals surface area contributed by atoms with E-state index in [0.29, 0.717) is 55.5 Å². The van der Waals surface area contributed by atoms with E-state index in [0.717, 1.165) is 49.1 Å². The Balaban J connectivity index is 1.06. The number of rotatable bonds is 14. The zero-order valence-electron chi connectivity index (χ0n) is 38.0. The van der Waals surface area contributed by atoms with Gasteiger partial charge in [0.25, 0.3) is 0 Å². The Morgan fingerprint density at radius 3 is 2.29 bits per heavy atom. The highest BCUT2D eigenvalue weighted by Gasteiger charge is 2.44. The van der Waals surface area contributed by atoms with Crippen LogP contribution in [0, 0.1) is 23.7 Å². The molecule has 17 nitrogen and oxygen atoms in total. The summed E-state index contributed by atoms with van der Waals surface area (Å²) < 4.78 is 47.6. The molecule has 5 heterocycles. The van der Waals surface area contributed by atoms with E-state index in [9.17, 15) is 33.1 Å². The van der Waals surface area contributed by atoms with Gasteiger partial charge in [0.1, 0.15) is 36.1 Å². The third-order valence-corrected chi connectivity index (χ3v) is 13.1. The number of carbonyl (C=O) groups is 4. The molecule has 4 N–H and O–H groups in total. The van der Waals surface area contributed by atoms with E-state index in [1.807, 2.05) is 38.1 Å². The quantitative estimate of drug-likeness (QED) is 0.0867. The topological polar surface area (TPSA) is 205 Å². The van der Waals surface area contributed by atoms with E-state index in [2.05, 4.69) is 38.2 Å². The largest absolute Gasteiger partial charge is 0.488 e. The van der Waals surface area contributed by atoms with Crippen molar-refractivity contribution in [2.24, 2.45) is 23.7 Å². The van der Waals surface area contributed by atoms with Crippen LogP contribution in [0.3, 0.4) is 0 Å². The predicted molar refractivity (Wildman–Crippen MR) is 238 cm³/mol. The van der Waals surface area contributed by atoms with E-state index in [1.54, 1.807) is 37.0 Å². The van der Waals surface area contributed by atoms with Gasteiger partial charge in [-0.1, -0.05) is 45.9 Å². The number of aromatic nitrogens is 4. The van der Waals surface area contributed by atoms with Crippen LogP contribution in [0.2, 0.25) is 0 Å². The molecule has 0 unspecified atom stereocenters. The van der Waals surface area contributed by atoms with Crippen LogP contribution < -0.4 is 10.1 Å². The Labute approximate surface area is 380 Å². The lowest BCUT2D eigenvalue weighted by Gasteiger charge is -2.33. The molecule has 0 radical (unpaired) electrons. The van der Waals surface area contributed by atoms with Crippen LogP contribution in [0.5, 0.6) is 5.75 Å². The third-order valence-electron chi connectivity index (χ3n) is 13.1. The SMILES string of the molecule is COC[C@H]1C[C@@H](c2ncc(-c3ccc4c(c3)COc3cc5c(ccc6nc([C@@H]7C[C@H](COC(F)F)CN7C(=O)[C@@H](NC(=O)OC)C(C)C)[nH]c65)cc3-4)[nH]2)N(C(=O)[C@H](C(C)C)N(C)C(=O)O)C1. The molecule has 6 atom stereocenters. The van der Waals surface area contributed by atoms with Crippen LogP contribution in [0.1, 0.15) is 69.8 Å². The second kappa shape index (κ2) is 18.9. The predicted octanol–water partition coefficient (Wildman–Crippen LogP) is 7.35. The number of aromatic amines is 2. The highest BCUT2D eigenvalue weighted by molar-refractivity contribution is 6.07. The number of fused-ring (bicyclic) bond motifs is 6. The maximum absolute atomic E-state index is 14.1. The van der Waals surface area contributed by atoms with E-state index >= 15 is 0 Å². The van der Waals surface area contributed by atoms with Gasteiger partial charge in [0, 0.05) is 50.0 Å². The molecular weight excluding hydrogens is 859 g/mol. The molecule has 5 aromatic rings. The molecule has 4 amide bonds. The summed E-state index contributed by atoms with van der Waals surface area (Å²) in [4.78, 5) is 73.2. The molecule has 8 rings (SSSR count). The first-order valence-electron chi connectivity index (χ1n) is 22.1. The fourth-order valence-corrected chi connectivity index (χ4v) is 9.89. The second-order valence-corrected chi connectivity index (χ2v) is 18.2. The highest BCUT2D eigenvalue weighted by atomic mass is 19.3. The lowest BCUT2D eigenvalue weighted by atomic mass is 9.92. The lowest BCUT2D eigenvalue weighted by Crippen LogP contribution is -2.51. The van der Waals surface area contributed by atoms with E-state index in [1.165, 1.54) is 14.2 Å². The van der Waals surface area contributed by atoms with Crippen LogP contribution in [0.4, 0.5) is 18.4 Å². The molecule has 3 aliphatic heterocycles. The molecule has 66 heavy (non-hydrogen) atoms. The number of halogens is 2. The van der Waals surface area contributed by atoms with Gasteiger partial charge in [-0.15, -0.1) is 0 Å². The van der Waals surface area contributed by atoms with Gasteiger partial charge in [-0.05, 0) is 71.0 Å². The summed E-state index contributed by atoms with van der Waals surface area (Å²) in [5.74, 6) is 0.223. The Kier molecular flexibility index (Phi) is 13.2. The van der Waals surface area contributed by atoms with Crippen LogP contribution in [-0.4, -0.2) is 130 Å². The van der Waals surface area contributed by atoms with Crippen molar-refractivity contribution in [2.45, 2.75) is 77.9 Å².